The van der Waals surface area contributed by atoms with Crippen LogP contribution in [0.15, 0.2) is 12.2 Å². The van der Waals surface area contributed by atoms with Crippen LogP contribution in [0.2, 0.25) is 0 Å². The Balaban J connectivity index is 0. The van der Waals surface area contributed by atoms with Gasteiger partial charge in [-0.3, -0.25) is 0 Å². The molecule has 0 rings (SSSR count). The second kappa shape index (κ2) is 5.96. The van der Waals surface area contributed by atoms with Gasteiger partial charge >= 0.3 is 5.97 Å². The Bertz CT molecular complexity index is 136. The van der Waals surface area contributed by atoms with Gasteiger partial charge in [0.25, 0.3) is 0 Å². The number of hydrogen-bond acceptors (Lipinski definition) is 2. The molecule has 0 spiro atoms. The number of carbonyl (C=O) groups is 1. The summed E-state index contributed by atoms with van der Waals surface area (Å²) in [5, 5.41) is 0. The molecule has 0 aromatic rings. The van der Waals surface area contributed by atoms with Gasteiger partial charge in [0.1, 0.15) is 0 Å². The molecular weight excluding hydrogens is 140 g/mol. The van der Waals surface area contributed by atoms with Crippen molar-refractivity contribution in [1.29, 1.82) is 0 Å². The lowest BCUT2D eigenvalue weighted by Crippen LogP contribution is -2.09. The zero-order valence-corrected chi connectivity index (χ0v) is 7.39. The highest BCUT2D eigenvalue weighted by Crippen LogP contribution is 1.97. The summed E-state index contributed by atoms with van der Waals surface area (Å²) in [4.78, 5) is 10.7. The van der Waals surface area contributed by atoms with Gasteiger partial charge in [-0.2, -0.15) is 0 Å². The summed E-state index contributed by atoms with van der Waals surface area (Å²) in [5.74, 6) is 0.0944. The molecule has 0 saturated carbocycles. The minimum Gasteiger partial charge on any atom is -0.462 e. The van der Waals surface area contributed by atoms with E-state index < -0.39 is 0 Å². The first-order valence-electron chi connectivity index (χ1n) is 3.36. The molecule has 0 aromatic carbocycles. The van der Waals surface area contributed by atoms with Crippen molar-refractivity contribution in [3.05, 3.63) is 19.6 Å². The average molecular weight is 155 g/mol. The van der Waals surface area contributed by atoms with Crippen LogP contribution in [0.5, 0.6) is 0 Å². The fourth-order valence-electron chi connectivity index (χ4n) is 0.366. The van der Waals surface area contributed by atoms with Gasteiger partial charge < -0.3 is 4.74 Å². The summed E-state index contributed by atoms with van der Waals surface area (Å²) >= 11 is 0. The summed E-state index contributed by atoms with van der Waals surface area (Å²) in [5.41, 5.74) is 0.459. The van der Waals surface area contributed by atoms with Gasteiger partial charge in [-0.25, -0.2) is 4.79 Å². The maximum Gasteiger partial charge on any atom is 0.333 e. The number of rotatable bonds is 3. The van der Waals surface area contributed by atoms with E-state index in [1.165, 1.54) is 0 Å². The lowest BCUT2D eigenvalue weighted by molar-refractivity contribution is -0.139. The molecule has 0 bridgehead atoms. The van der Waals surface area contributed by atoms with Gasteiger partial charge in [0.05, 0.1) is 6.61 Å². The number of esters is 1. The molecular formula is C9H15O2. The molecule has 0 aliphatic carbocycles. The van der Waals surface area contributed by atoms with Crippen molar-refractivity contribution in [2.24, 2.45) is 5.92 Å². The summed E-state index contributed by atoms with van der Waals surface area (Å²) in [6.45, 7) is 9.56. The van der Waals surface area contributed by atoms with Gasteiger partial charge in [0, 0.05) is 5.57 Å². The molecule has 0 heterocycles. The molecule has 0 amide bonds. The third kappa shape index (κ3) is 7.10. The first-order valence-corrected chi connectivity index (χ1v) is 3.36. The predicted molar refractivity (Wildman–Crippen MR) is 44.9 cm³/mol. The van der Waals surface area contributed by atoms with Gasteiger partial charge in [-0.05, 0) is 20.3 Å². The molecule has 2 nitrogen and oxygen atoms in total. The molecule has 0 N–H and O–H groups in total. The third-order valence-electron chi connectivity index (χ3n) is 0.896. The minimum absolute atomic E-state index is 0. The molecule has 0 aliphatic heterocycles. The van der Waals surface area contributed by atoms with Crippen molar-refractivity contribution in [1.82, 2.24) is 0 Å². The Morgan fingerprint density at radius 3 is 2.27 bits per heavy atom. The zero-order chi connectivity index (χ0) is 8.15. The van der Waals surface area contributed by atoms with E-state index in [1.54, 1.807) is 6.92 Å². The standard InChI is InChI=1S/C8H14O2.CH/c1-6(2)5-10-8(9)7(3)4;/h6H,3,5H2,1-2,4H3;1H. The fourth-order valence-corrected chi connectivity index (χ4v) is 0.366. The Morgan fingerprint density at radius 1 is 1.55 bits per heavy atom. The van der Waals surface area contributed by atoms with Crippen LogP contribution in [-0.4, -0.2) is 12.6 Å². The van der Waals surface area contributed by atoms with E-state index in [4.69, 9.17) is 4.74 Å². The molecule has 0 aromatic heterocycles. The summed E-state index contributed by atoms with van der Waals surface area (Å²) in [6.07, 6.45) is 0. The van der Waals surface area contributed by atoms with Crippen molar-refractivity contribution in [2.75, 3.05) is 6.61 Å². The van der Waals surface area contributed by atoms with E-state index in [0.717, 1.165) is 0 Å². The van der Waals surface area contributed by atoms with Crippen molar-refractivity contribution < 1.29 is 9.53 Å². The van der Waals surface area contributed by atoms with Crippen LogP contribution < -0.4 is 0 Å². The highest BCUT2D eigenvalue weighted by molar-refractivity contribution is 5.86. The topological polar surface area (TPSA) is 26.3 Å². The van der Waals surface area contributed by atoms with Gasteiger partial charge in [-0.15, -0.1) is 0 Å². The Morgan fingerprint density at radius 2 is 2.00 bits per heavy atom. The third-order valence-corrected chi connectivity index (χ3v) is 0.896. The number of ether oxygens (including phenoxy) is 1. The second-order valence-corrected chi connectivity index (χ2v) is 2.77. The molecule has 0 saturated heterocycles. The number of carbonyl (C=O) groups excluding carboxylic acids is 1. The zero-order valence-electron chi connectivity index (χ0n) is 7.39. The summed E-state index contributed by atoms with van der Waals surface area (Å²) < 4.78 is 4.83. The van der Waals surface area contributed by atoms with Crippen LogP contribution in [0.1, 0.15) is 20.8 Å². The first-order chi connectivity index (χ1) is 4.54. The van der Waals surface area contributed by atoms with Crippen LogP contribution in [0.3, 0.4) is 0 Å². The largest absolute Gasteiger partial charge is 0.462 e. The predicted octanol–water partition coefficient (Wildman–Crippen LogP) is 1.97. The quantitative estimate of drug-likeness (QED) is 0.460. The Labute approximate surface area is 69.3 Å². The van der Waals surface area contributed by atoms with E-state index in [-0.39, 0.29) is 13.4 Å². The van der Waals surface area contributed by atoms with Crippen molar-refractivity contribution >= 4 is 5.97 Å². The lowest BCUT2D eigenvalue weighted by atomic mass is 10.2. The molecule has 0 atom stereocenters. The maximum absolute atomic E-state index is 10.7. The molecule has 3 radical (unpaired) electrons. The van der Waals surface area contributed by atoms with Gasteiger partial charge in [0.15, 0.2) is 0 Å². The van der Waals surface area contributed by atoms with Crippen molar-refractivity contribution in [2.45, 2.75) is 20.8 Å². The van der Waals surface area contributed by atoms with Crippen LogP contribution in [0.25, 0.3) is 0 Å². The normalized spacial score (nSPS) is 8.73. The summed E-state index contributed by atoms with van der Waals surface area (Å²) in [7, 11) is 0. The molecule has 0 unspecified atom stereocenters. The molecule has 0 aliphatic rings. The van der Waals surface area contributed by atoms with E-state index in [9.17, 15) is 4.79 Å². The maximum atomic E-state index is 10.7. The first kappa shape index (κ1) is 12.8. The minimum atomic E-state index is -0.297. The van der Waals surface area contributed by atoms with E-state index in [2.05, 4.69) is 6.58 Å². The van der Waals surface area contributed by atoms with Crippen LogP contribution in [0.4, 0.5) is 0 Å². The van der Waals surface area contributed by atoms with E-state index in [1.807, 2.05) is 13.8 Å². The SMILES string of the molecule is C=C(C)C(=O)OCC(C)C.[CH]. The highest BCUT2D eigenvalue weighted by Gasteiger charge is 2.03. The van der Waals surface area contributed by atoms with Crippen molar-refractivity contribution in [3.8, 4) is 0 Å². The molecule has 63 valence electrons. The van der Waals surface area contributed by atoms with E-state index >= 15 is 0 Å². The smallest absolute Gasteiger partial charge is 0.333 e. The average Bonchev–Trinajstić information content (AvgIpc) is 1.82. The second-order valence-electron chi connectivity index (χ2n) is 2.77. The van der Waals surface area contributed by atoms with Gasteiger partial charge in [0.2, 0.25) is 0 Å². The van der Waals surface area contributed by atoms with Crippen LogP contribution >= 0.6 is 0 Å². The molecule has 11 heavy (non-hydrogen) atoms. The van der Waals surface area contributed by atoms with E-state index in [0.29, 0.717) is 18.1 Å². The van der Waals surface area contributed by atoms with Crippen LogP contribution in [0, 0.1) is 13.3 Å². The monoisotopic (exact) mass is 155 g/mol. The summed E-state index contributed by atoms with van der Waals surface area (Å²) in [6, 6.07) is 0. The van der Waals surface area contributed by atoms with Crippen molar-refractivity contribution in [3.63, 3.8) is 0 Å². The molecule has 0 fully saturated rings. The van der Waals surface area contributed by atoms with Gasteiger partial charge in [-0.1, -0.05) is 20.4 Å². The number of hydrogen-bond donors (Lipinski definition) is 0. The Kier molecular flexibility index (Phi) is 6.96. The fraction of sp³-hybridized carbons (Fsp3) is 0.556. The lowest BCUT2D eigenvalue weighted by Gasteiger charge is -2.05. The van der Waals surface area contributed by atoms with Crippen LogP contribution in [-0.2, 0) is 9.53 Å². The highest BCUT2D eigenvalue weighted by atomic mass is 16.5. The Hall–Kier alpha value is -0.790. The molecule has 2 heteroatoms.